The van der Waals surface area contributed by atoms with E-state index in [1.54, 1.807) is 0 Å². The molecule has 740 valence electrons. The van der Waals surface area contributed by atoms with Crippen molar-refractivity contribution in [1.82, 2.24) is 0 Å². The van der Waals surface area contributed by atoms with Gasteiger partial charge in [0.25, 0.3) is 0 Å². The number of hydrogen-bond acceptors (Lipinski definition) is 28. The predicted molar refractivity (Wildman–Crippen MR) is 475 cm³/mol. The van der Waals surface area contributed by atoms with Gasteiger partial charge in [0.1, 0.15) is 77.3 Å². The van der Waals surface area contributed by atoms with Gasteiger partial charge in [-0.1, -0.05) is 54.9 Å². The molecule has 31 atom stereocenters. The Morgan fingerprint density at radius 1 is 0.346 bits per heavy atom. The van der Waals surface area contributed by atoms with Crippen LogP contribution in [0.4, 0.5) is 0 Å². The lowest BCUT2D eigenvalue weighted by molar-refractivity contribution is -0.182. The Bertz CT molecular complexity index is 4510. The number of carbonyl (C=O) groups is 14. The quantitative estimate of drug-likeness (QED) is 0.0605. The number of esters is 14. The molecule has 0 aromatic rings. The minimum Gasteiger partial charge on any atom is -0.465 e. The Balaban J connectivity index is 0.000000122. The number of fused-ring (bicyclic) bond motifs is 9. The lowest BCUT2D eigenvalue weighted by Gasteiger charge is -2.39. The zero-order valence-electron chi connectivity index (χ0n) is 82.5. The van der Waals surface area contributed by atoms with E-state index in [2.05, 4.69) is 13.8 Å². The summed E-state index contributed by atoms with van der Waals surface area (Å²) in [7, 11) is 0. The van der Waals surface area contributed by atoms with Gasteiger partial charge >= 0.3 is 83.6 Å². The Morgan fingerprint density at radius 3 is 0.977 bits per heavy atom. The van der Waals surface area contributed by atoms with Crippen molar-refractivity contribution in [3.8, 4) is 0 Å². The van der Waals surface area contributed by atoms with Gasteiger partial charge in [0.15, 0.2) is 0 Å². The summed E-state index contributed by atoms with van der Waals surface area (Å²) >= 11 is 0. The fourth-order valence-electron chi connectivity index (χ4n) is 28.1. The monoisotopic (exact) mass is 1860 g/mol. The third-order valence-electron chi connectivity index (χ3n) is 38.4. The predicted octanol–water partition coefficient (Wildman–Crippen LogP) is 16.2. The first-order valence-corrected chi connectivity index (χ1v) is 51.6. The summed E-state index contributed by atoms with van der Waals surface area (Å²) in [5, 5.41) is 0. The highest BCUT2D eigenvalue weighted by Crippen LogP contribution is 2.67. The first-order chi connectivity index (χ1) is 62.7. The van der Waals surface area contributed by atoms with Crippen molar-refractivity contribution in [2.45, 2.75) is 414 Å². The van der Waals surface area contributed by atoms with E-state index in [1.807, 2.05) is 118 Å². The Labute approximate surface area is 784 Å². The summed E-state index contributed by atoms with van der Waals surface area (Å²) < 4.78 is 80.9. The van der Waals surface area contributed by atoms with Gasteiger partial charge in [-0.15, -0.1) is 0 Å². The third-order valence-corrected chi connectivity index (χ3v) is 38.4. The maximum absolute atomic E-state index is 13.5. The van der Waals surface area contributed by atoms with Gasteiger partial charge in [-0.2, -0.15) is 0 Å². The summed E-state index contributed by atoms with van der Waals surface area (Å²) in [5.74, 6) is -6.94. The van der Waals surface area contributed by atoms with Crippen LogP contribution in [0, 0.1) is 151 Å². The van der Waals surface area contributed by atoms with Gasteiger partial charge in [0.2, 0.25) is 0 Å². The fourth-order valence-corrected chi connectivity index (χ4v) is 28.1. The second-order valence-electron chi connectivity index (χ2n) is 48.0. The van der Waals surface area contributed by atoms with Crippen LogP contribution in [0.15, 0.2) is 0 Å². The average molecular weight is 1860 g/mol. The molecule has 1 spiro atoms. The Morgan fingerprint density at radius 2 is 0.677 bits per heavy atom. The number of carbonyl (C=O) groups excluding carboxylic acids is 14. The molecule has 31 unspecified atom stereocenters. The zero-order chi connectivity index (χ0) is 96.1. The molecule has 20 rings (SSSR count). The number of ether oxygens (including phenoxy) is 14. The molecule has 20 fully saturated rings. The summed E-state index contributed by atoms with van der Waals surface area (Å²) in [6.07, 6.45) is 24.8. The highest BCUT2D eigenvalue weighted by atomic mass is 16.6. The van der Waals surface area contributed by atoms with Gasteiger partial charge in [-0.3, -0.25) is 67.1 Å². The van der Waals surface area contributed by atoms with Crippen LogP contribution in [0.5, 0.6) is 0 Å². The largest absolute Gasteiger partial charge is 0.465 e. The summed E-state index contributed by atoms with van der Waals surface area (Å²) in [5.41, 5.74) is -4.84. The van der Waals surface area contributed by atoms with Crippen LogP contribution < -0.4 is 0 Å². The summed E-state index contributed by atoms with van der Waals surface area (Å²) in [6.45, 7) is 37.1. The molecule has 5 heterocycles. The van der Waals surface area contributed by atoms with Crippen molar-refractivity contribution in [3.05, 3.63) is 0 Å². The molecule has 0 amide bonds. The summed E-state index contributed by atoms with van der Waals surface area (Å²) in [4.78, 5) is 178. The molecule has 0 N–H and O–H groups in total. The van der Waals surface area contributed by atoms with Crippen LogP contribution >= 0.6 is 0 Å². The Hall–Kier alpha value is -7.42. The van der Waals surface area contributed by atoms with E-state index in [-0.39, 0.29) is 154 Å². The van der Waals surface area contributed by atoms with Crippen molar-refractivity contribution in [1.29, 1.82) is 0 Å². The maximum Gasteiger partial charge on any atom is 0.312 e. The van der Waals surface area contributed by atoms with E-state index >= 15 is 0 Å². The molecule has 28 nitrogen and oxygen atoms in total. The van der Waals surface area contributed by atoms with E-state index in [9.17, 15) is 67.1 Å². The SMILES string of the molecule is CCC(C)(C)C(=O)OC1C2CC3C1OC(=O)C3C2C(=O)OC1(C)CCCC1.CCC(C)(C)C(=O)OC1C2CC3C1OC(=O)C3C2C(=O)OC1(C)CCCCC1.CCC(C)(C)C(=O)OC1C2CC3C1OC(=O)C3C2C(=O)OC1(CC)CC2CCC1C2.CCC(C)(C)C(=O)OC1CC2CC1C1(CCOC1=O)C2.CCC1(OC(=O)C2C3CC4C(OC(=O)C42)C3OC(=O)C(C)(C)CC)CCCC1. The molecule has 20 aliphatic rings. The topological polar surface area (TPSA) is 368 Å². The lowest BCUT2D eigenvalue weighted by atomic mass is 9.71. The highest BCUT2D eigenvalue weighted by Gasteiger charge is 2.76. The van der Waals surface area contributed by atoms with Crippen molar-refractivity contribution >= 4 is 83.6 Å². The lowest BCUT2D eigenvalue weighted by Crippen LogP contribution is -2.48. The molecular formula is C105H152O28. The first kappa shape index (κ1) is 98.6. The maximum atomic E-state index is 13.5. The number of cyclic esters (lactones) is 1. The van der Waals surface area contributed by atoms with Gasteiger partial charge in [0, 0.05) is 53.3 Å². The standard InChI is InChI=1S/C24H34O6.2C22H32O6.C21H30O6.C16H24O4/c1-5-23(3,4)22(27)29-19-15-10-14-16(20(25)28-18(14)19)17(15)21(26)30-24(6-2)11-12-7-8-13(24)9-12;1-5-21(2,3)20(25)27-17-13-11-12-14(18(23)26-16(12)17)15(13)19(24)28-22(4)9-7-6-8-10-22;1-5-21(3,4)20(25)27-17-13-11-12-14(18(23)26-16(12)17)15(13)19(24)28-22(6-2)9-7-8-10-22;1-5-20(2,3)19(24)26-16-12-10-11-13(17(22)25-15(11)16)14(12)18(23)27-21(4)8-6-7-9-21;1-4-15(2,3)13(17)20-12-8-10-7-11(12)16(9-10)5-6-19-14(16)18/h12-19H,5-11H2,1-4H3;2*12-17H,5-11H2,1-4H3;11-16H,5-10H2,1-4H3;10-12H,4-9H2,1-3H3. The second kappa shape index (κ2) is 36.4. The van der Waals surface area contributed by atoms with E-state index in [0.29, 0.717) is 75.7 Å². The van der Waals surface area contributed by atoms with E-state index in [1.165, 1.54) is 12.8 Å². The zero-order valence-corrected chi connectivity index (χ0v) is 82.5. The van der Waals surface area contributed by atoms with Crippen LogP contribution in [0.2, 0.25) is 0 Å². The van der Waals surface area contributed by atoms with Crippen LogP contribution in [0.3, 0.4) is 0 Å². The van der Waals surface area contributed by atoms with E-state index in [0.717, 1.165) is 141 Å². The van der Waals surface area contributed by atoms with Gasteiger partial charge in [-0.05, 0) is 300 Å². The van der Waals surface area contributed by atoms with Gasteiger partial charge in [-0.25, -0.2) is 0 Å². The van der Waals surface area contributed by atoms with Crippen molar-refractivity contribution in [3.63, 3.8) is 0 Å². The van der Waals surface area contributed by atoms with Crippen molar-refractivity contribution in [2.24, 2.45) is 151 Å². The number of hydrogen-bond donors (Lipinski definition) is 0. The van der Waals surface area contributed by atoms with Crippen molar-refractivity contribution < 1.29 is 133 Å². The van der Waals surface area contributed by atoms with Gasteiger partial charge < -0.3 is 66.3 Å². The van der Waals surface area contributed by atoms with Crippen LogP contribution in [-0.2, 0) is 133 Å². The first-order valence-electron chi connectivity index (χ1n) is 51.6. The highest BCUT2D eigenvalue weighted by molar-refractivity contribution is 5.90. The average Bonchev–Trinajstić information content (AvgIpc) is 1.57. The van der Waals surface area contributed by atoms with E-state index in [4.69, 9.17) is 66.3 Å². The summed E-state index contributed by atoms with van der Waals surface area (Å²) in [6, 6.07) is 0. The fraction of sp³-hybridized carbons (Fsp3) is 0.867. The van der Waals surface area contributed by atoms with Crippen LogP contribution in [-0.4, -0.2) is 168 Å². The van der Waals surface area contributed by atoms with Crippen LogP contribution in [0.1, 0.15) is 337 Å². The molecule has 5 saturated heterocycles. The number of rotatable bonds is 25. The molecule has 12 bridgehead atoms. The molecule has 5 aliphatic heterocycles. The normalized spacial score (nSPS) is 40.1. The molecule has 133 heavy (non-hydrogen) atoms. The molecular weight excluding hydrogens is 1710 g/mol. The minimum absolute atomic E-state index is 0.0415. The molecule has 0 aromatic heterocycles. The molecule has 15 aliphatic carbocycles. The molecule has 15 saturated carbocycles. The minimum atomic E-state index is -0.602. The second-order valence-corrected chi connectivity index (χ2v) is 48.0. The molecule has 0 aromatic carbocycles. The van der Waals surface area contributed by atoms with Crippen molar-refractivity contribution in [2.75, 3.05) is 6.61 Å². The molecule has 0 radical (unpaired) electrons. The van der Waals surface area contributed by atoms with Gasteiger partial charge in [0.05, 0.1) is 86.4 Å². The van der Waals surface area contributed by atoms with E-state index < -0.39 is 140 Å². The third kappa shape index (κ3) is 17.4. The smallest absolute Gasteiger partial charge is 0.312 e. The Kier molecular flexibility index (Phi) is 27.0. The van der Waals surface area contributed by atoms with Crippen LogP contribution in [0.25, 0.3) is 0 Å². The molecule has 28 heteroatoms.